The van der Waals surface area contributed by atoms with Gasteiger partial charge in [0, 0.05) is 17.7 Å². The minimum atomic E-state index is -3.05. The molecule has 1 amide bonds. The zero-order chi connectivity index (χ0) is 19.6. The second-order valence-corrected chi connectivity index (χ2v) is 10.4. The van der Waals surface area contributed by atoms with Gasteiger partial charge in [0.05, 0.1) is 24.7 Å². The largest absolute Gasteiger partial charge is 0.497 e. The smallest absolute Gasteiger partial charge is 0.251 e. The fourth-order valence-electron chi connectivity index (χ4n) is 3.61. The van der Waals surface area contributed by atoms with Crippen molar-refractivity contribution in [2.75, 3.05) is 18.6 Å². The van der Waals surface area contributed by atoms with Crippen LogP contribution in [0.5, 0.6) is 5.75 Å². The van der Waals surface area contributed by atoms with Crippen LogP contribution in [0.15, 0.2) is 29.3 Å². The van der Waals surface area contributed by atoms with Crippen LogP contribution in [0.1, 0.15) is 32.3 Å². The highest BCUT2D eigenvalue weighted by Crippen LogP contribution is 2.39. The molecular weight excluding hydrogens is 384 g/mol. The molecule has 2 atom stereocenters. The number of methoxy groups -OCH3 is 1. The lowest BCUT2D eigenvalue weighted by Crippen LogP contribution is -2.37. The monoisotopic (exact) mass is 410 g/mol. The van der Waals surface area contributed by atoms with Gasteiger partial charge in [0.15, 0.2) is 15.0 Å². The minimum Gasteiger partial charge on any atom is -0.497 e. The van der Waals surface area contributed by atoms with E-state index in [1.54, 1.807) is 7.11 Å². The summed E-state index contributed by atoms with van der Waals surface area (Å²) < 4.78 is 29.5. The number of aliphatic imine (C=N–C) groups is 1. The van der Waals surface area contributed by atoms with Crippen LogP contribution in [0.2, 0.25) is 0 Å². The van der Waals surface area contributed by atoms with Crippen molar-refractivity contribution in [1.82, 2.24) is 4.90 Å². The second kappa shape index (κ2) is 8.22. The molecule has 27 heavy (non-hydrogen) atoms. The van der Waals surface area contributed by atoms with Crippen LogP contribution < -0.4 is 4.74 Å². The number of nitrogens with zero attached hydrogens (tertiary/aromatic N) is 2. The van der Waals surface area contributed by atoms with Gasteiger partial charge in [-0.05, 0) is 30.5 Å². The van der Waals surface area contributed by atoms with Crippen LogP contribution in [0.25, 0.3) is 0 Å². The number of thioether (sulfide) groups is 1. The number of carbonyl (C=O) groups excluding carboxylic acids is 1. The summed E-state index contributed by atoms with van der Waals surface area (Å²) in [5, 5.41) is 0.591. The summed E-state index contributed by atoms with van der Waals surface area (Å²) in [7, 11) is -1.43. The number of carbonyl (C=O) groups is 1. The van der Waals surface area contributed by atoms with E-state index in [0.717, 1.165) is 24.2 Å². The molecule has 0 bridgehead atoms. The lowest BCUT2D eigenvalue weighted by molar-refractivity contribution is -0.121. The van der Waals surface area contributed by atoms with Gasteiger partial charge in [-0.3, -0.25) is 4.79 Å². The summed E-state index contributed by atoms with van der Waals surface area (Å²) in [6.07, 6.45) is 1.52. The van der Waals surface area contributed by atoms with Crippen molar-refractivity contribution in [3.05, 3.63) is 29.8 Å². The van der Waals surface area contributed by atoms with Crippen LogP contribution in [0.3, 0.4) is 0 Å². The first kappa shape index (κ1) is 20.2. The quantitative estimate of drug-likeness (QED) is 0.718. The van der Waals surface area contributed by atoms with Gasteiger partial charge < -0.3 is 9.64 Å². The van der Waals surface area contributed by atoms with Crippen LogP contribution in [0, 0.1) is 5.92 Å². The van der Waals surface area contributed by atoms with Gasteiger partial charge in [0.2, 0.25) is 0 Å². The Morgan fingerprint density at radius 1 is 1.33 bits per heavy atom. The number of benzene rings is 1. The highest BCUT2D eigenvalue weighted by molar-refractivity contribution is 8.15. The predicted molar refractivity (Wildman–Crippen MR) is 109 cm³/mol. The Morgan fingerprint density at radius 2 is 2.07 bits per heavy atom. The Bertz CT molecular complexity index is 834. The van der Waals surface area contributed by atoms with E-state index < -0.39 is 9.84 Å². The van der Waals surface area contributed by atoms with Crippen molar-refractivity contribution >= 4 is 32.7 Å². The third-order valence-corrected chi connectivity index (χ3v) is 8.45. The molecule has 0 radical (unpaired) electrons. The molecule has 2 saturated heterocycles. The molecule has 2 fully saturated rings. The number of amides is 1. The Kier molecular flexibility index (Phi) is 6.15. The molecule has 148 valence electrons. The molecule has 1 aromatic carbocycles. The molecule has 2 aliphatic heterocycles. The van der Waals surface area contributed by atoms with Crippen LogP contribution in [0.4, 0.5) is 0 Å². The maximum Gasteiger partial charge on any atom is 0.251 e. The van der Waals surface area contributed by atoms with Gasteiger partial charge in [-0.2, -0.15) is 4.99 Å². The minimum absolute atomic E-state index is 0.0612. The SMILES string of the molecule is CCC(CC)C(=O)N=C1S[C@@H]2CS(=O)(=O)C[C@H]2N1Cc1cccc(OC)c1. The maximum absolute atomic E-state index is 12.5. The third-order valence-electron chi connectivity index (χ3n) is 5.20. The summed E-state index contributed by atoms with van der Waals surface area (Å²) >= 11 is 1.43. The van der Waals surface area contributed by atoms with Crippen molar-refractivity contribution < 1.29 is 17.9 Å². The average molecular weight is 411 g/mol. The Labute approximate surface area is 165 Å². The van der Waals surface area contributed by atoms with Gasteiger partial charge >= 0.3 is 0 Å². The van der Waals surface area contributed by atoms with Crippen LogP contribution in [-0.4, -0.2) is 54.3 Å². The molecule has 0 spiro atoms. The predicted octanol–water partition coefficient (Wildman–Crippen LogP) is 2.73. The normalized spacial score (nSPS) is 25.2. The van der Waals surface area contributed by atoms with Gasteiger partial charge in [-0.15, -0.1) is 0 Å². The fraction of sp³-hybridized carbons (Fsp3) is 0.579. The summed E-state index contributed by atoms with van der Waals surface area (Å²) in [5.41, 5.74) is 1.00. The van der Waals surface area contributed by atoms with Crippen LogP contribution >= 0.6 is 11.8 Å². The topological polar surface area (TPSA) is 76.0 Å². The molecule has 0 aromatic heterocycles. The van der Waals surface area contributed by atoms with Gasteiger partial charge in [-0.25, -0.2) is 8.42 Å². The number of rotatable bonds is 6. The number of sulfone groups is 1. The summed E-state index contributed by atoms with van der Waals surface area (Å²) in [5.74, 6) is 0.825. The zero-order valence-corrected chi connectivity index (χ0v) is 17.6. The second-order valence-electron chi connectivity index (χ2n) is 7.03. The van der Waals surface area contributed by atoms with Crippen molar-refractivity contribution in [2.24, 2.45) is 10.9 Å². The molecule has 0 N–H and O–H groups in total. The summed E-state index contributed by atoms with van der Waals surface area (Å²) in [4.78, 5) is 18.9. The lowest BCUT2D eigenvalue weighted by atomic mass is 10.0. The zero-order valence-electron chi connectivity index (χ0n) is 15.9. The van der Waals surface area contributed by atoms with E-state index >= 15 is 0 Å². The molecular formula is C19H26N2O4S2. The molecule has 2 heterocycles. The molecule has 0 unspecified atom stereocenters. The van der Waals surface area contributed by atoms with Crippen molar-refractivity contribution in [2.45, 2.75) is 44.5 Å². The first-order valence-electron chi connectivity index (χ1n) is 9.26. The van der Waals surface area contributed by atoms with Gasteiger partial charge in [0.1, 0.15) is 5.75 Å². The number of fused-ring (bicyclic) bond motifs is 1. The van der Waals surface area contributed by atoms with Crippen molar-refractivity contribution in [3.8, 4) is 5.75 Å². The number of amidine groups is 1. The van der Waals surface area contributed by atoms with E-state index in [9.17, 15) is 13.2 Å². The van der Waals surface area contributed by atoms with E-state index in [2.05, 4.69) is 4.99 Å². The molecule has 3 rings (SSSR count). The van der Waals surface area contributed by atoms with Gasteiger partial charge in [-0.1, -0.05) is 37.7 Å². The molecule has 2 aliphatic rings. The summed E-state index contributed by atoms with van der Waals surface area (Å²) in [6.45, 7) is 4.49. The molecule has 1 aromatic rings. The summed E-state index contributed by atoms with van der Waals surface area (Å²) in [6, 6.07) is 7.55. The van der Waals surface area contributed by atoms with Crippen LogP contribution in [-0.2, 0) is 21.2 Å². The first-order valence-corrected chi connectivity index (χ1v) is 12.0. The van der Waals surface area contributed by atoms with Crippen molar-refractivity contribution in [3.63, 3.8) is 0 Å². The molecule has 8 heteroatoms. The molecule has 0 saturated carbocycles. The van der Waals surface area contributed by atoms with E-state index in [4.69, 9.17) is 4.74 Å². The van der Waals surface area contributed by atoms with E-state index in [-0.39, 0.29) is 34.6 Å². The highest BCUT2D eigenvalue weighted by Gasteiger charge is 2.48. The number of hydrogen-bond donors (Lipinski definition) is 0. The Morgan fingerprint density at radius 3 is 2.74 bits per heavy atom. The lowest BCUT2D eigenvalue weighted by Gasteiger charge is -2.25. The number of ether oxygens (including phenoxy) is 1. The third kappa shape index (κ3) is 4.48. The van der Waals surface area contributed by atoms with Crippen molar-refractivity contribution in [1.29, 1.82) is 0 Å². The Hall–Kier alpha value is -1.54. The van der Waals surface area contributed by atoms with E-state index in [1.807, 2.05) is 43.0 Å². The average Bonchev–Trinajstić information content (AvgIpc) is 3.08. The van der Waals surface area contributed by atoms with E-state index in [0.29, 0.717) is 11.7 Å². The molecule has 0 aliphatic carbocycles. The van der Waals surface area contributed by atoms with E-state index in [1.165, 1.54) is 11.8 Å². The first-order chi connectivity index (χ1) is 12.9. The Balaban J connectivity index is 1.89. The van der Waals surface area contributed by atoms with Gasteiger partial charge in [0.25, 0.3) is 5.91 Å². The molecule has 6 nitrogen and oxygen atoms in total. The standard InChI is InChI=1S/C19H26N2O4S2/c1-4-14(5-2)18(22)20-19-21(10-13-7-6-8-15(9-13)25-3)16-11-27(23,24)12-17(16)26-19/h6-9,14,16-17H,4-5,10-12H2,1-3H3/t16-,17-/m1/s1. The number of hydrogen-bond acceptors (Lipinski definition) is 5. The maximum atomic E-state index is 12.5. The fourth-order valence-corrected chi connectivity index (χ4v) is 7.57. The highest BCUT2D eigenvalue weighted by atomic mass is 32.2.